The van der Waals surface area contributed by atoms with Crippen LogP contribution in [-0.2, 0) is 28.7 Å². The molecule has 0 radical (unpaired) electrons. The number of ether oxygens (including phenoxy) is 2. The average molecular weight is 402 g/mol. The number of esters is 2. The van der Waals surface area contributed by atoms with Gasteiger partial charge in [-0.15, -0.1) is 0 Å². The zero-order valence-corrected chi connectivity index (χ0v) is 16.9. The highest BCUT2D eigenvalue weighted by atomic mass is 16.6. The molecule has 7 nitrogen and oxygen atoms in total. The van der Waals surface area contributed by atoms with Gasteiger partial charge in [-0.2, -0.15) is 0 Å². The van der Waals surface area contributed by atoms with Crippen molar-refractivity contribution < 1.29 is 33.1 Å². The van der Waals surface area contributed by atoms with Crippen LogP contribution < -0.4 is 0 Å². The van der Waals surface area contributed by atoms with E-state index in [-0.39, 0.29) is 18.2 Å². The number of carbonyl (C=O) groups excluding carboxylic acids is 4. The number of aldehydes is 1. The summed E-state index contributed by atoms with van der Waals surface area (Å²) in [7, 11) is 0. The van der Waals surface area contributed by atoms with Gasteiger partial charge in [0.15, 0.2) is 11.9 Å². The molecule has 29 heavy (non-hydrogen) atoms. The topological polar surface area (TPSA) is 99.9 Å². The van der Waals surface area contributed by atoms with Crippen LogP contribution in [-0.4, -0.2) is 30.1 Å². The second-order valence-electron chi connectivity index (χ2n) is 9.20. The fraction of sp³-hybridized carbons (Fsp3) is 0.636. The maximum atomic E-state index is 13.6. The average Bonchev–Trinajstić information content (AvgIpc) is 3.17. The predicted octanol–water partition coefficient (Wildman–Crippen LogP) is 3.03. The van der Waals surface area contributed by atoms with E-state index in [1.165, 1.54) is 13.2 Å². The maximum absolute atomic E-state index is 13.6. The van der Waals surface area contributed by atoms with E-state index in [9.17, 15) is 19.2 Å². The van der Waals surface area contributed by atoms with Gasteiger partial charge < -0.3 is 18.7 Å². The summed E-state index contributed by atoms with van der Waals surface area (Å²) in [5, 5.41) is 0. The van der Waals surface area contributed by atoms with Gasteiger partial charge in [0.25, 0.3) is 0 Å². The molecule has 0 aromatic carbocycles. The molecular formula is C22H26O7. The lowest BCUT2D eigenvalue weighted by Gasteiger charge is -2.60. The zero-order chi connectivity index (χ0) is 21.0. The zero-order valence-electron chi connectivity index (χ0n) is 16.9. The van der Waals surface area contributed by atoms with Crippen molar-refractivity contribution in [2.75, 3.05) is 0 Å². The summed E-state index contributed by atoms with van der Waals surface area (Å²) in [5.74, 6) is -2.49. The molecule has 3 aliphatic rings. The number of ketones is 1. The number of hydrogen-bond donors (Lipinski definition) is 0. The third-order valence-electron chi connectivity index (χ3n) is 7.56. The van der Waals surface area contributed by atoms with Gasteiger partial charge in [0, 0.05) is 30.7 Å². The van der Waals surface area contributed by atoms with Crippen LogP contribution in [0.2, 0.25) is 0 Å². The Morgan fingerprint density at radius 3 is 2.66 bits per heavy atom. The minimum atomic E-state index is -0.957. The largest absolute Gasteiger partial charge is 0.472 e. The first-order chi connectivity index (χ1) is 13.7. The summed E-state index contributed by atoms with van der Waals surface area (Å²) in [4.78, 5) is 50.0. The Kier molecular flexibility index (Phi) is 4.67. The van der Waals surface area contributed by atoms with E-state index in [2.05, 4.69) is 0 Å². The molecule has 7 heteroatoms. The van der Waals surface area contributed by atoms with Crippen LogP contribution in [0.5, 0.6) is 0 Å². The molecule has 7 atom stereocenters. The smallest absolute Gasteiger partial charge is 0.310 e. The third-order valence-corrected chi connectivity index (χ3v) is 7.56. The van der Waals surface area contributed by atoms with Gasteiger partial charge in [0.05, 0.1) is 18.4 Å². The molecule has 1 aromatic rings. The predicted molar refractivity (Wildman–Crippen MR) is 99.3 cm³/mol. The molecule has 1 aromatic heterocycles. The van der Waals surface area contributed by atoms with Crippen molar-refractivity contribution in [3.63, 3.8) is 0 Å². The van der Waals surface area contributed by atoms with Crippen molar-refractivity contribution in [3.8, 4) is 0 Å². The van der Waals surface area contributed by atoms with Crippen molar-refractivity contribution in [3.05, 3.63) is 24.2 Å². The molecule has 1 aliphatic heterocycles. The first-order valence-electron chi connectivity index (χ1n) is 10.1. The van der Waals surface area contributed by atoms with Crippen molar-refractivity contribution in [2.24, 2.45) is 28.6 Å². The molecule has 156 valence electrons. The van der Waals surface area contributed by atoms with Gasteiger partial charge in [-0.05, 0) is 36.2 Å². The van der Waals surface area contributed by atoms with Crippen molar-refractivity contribution in [1.29, 1.82) is 0 Å². The van der Waals surface area contributed by atoms with Crippen molar-refractivity contribution >= 4 is 24.0 Å². The second-order valence-corrected chi connectivity index (χ2v) is 9.20. The van der Waals surface area contributed by atoms with Crippen molar-refractivity contribution in [1.82, 2.24) is 0 Å². The first-order valence-corrected chi connectivity index (χ1v) is 10.1. The lowest BCUT2D eigenvalue weighted by atomic mass is 9.43. The van der Waals surface area contributed by atoms with Crippen LogP contribution in [0.1, 0.15) is 58.1 Å². The monoisotopic (exact) mass is 402 g/mol. The highest BCUT2D eigenvalue weighted by Gasteiger charge is 2.66. The Morgan fingerprint density at radius 2 is 2.03 bits per heavy atom. The van der Waals surface area contributed by atoms with E-state index < -0.39 is 46.8 Å². The third kappa shape index (κ3) is 2.93. The van der Waals surface area contributed by atoms with Crippen LogP contribution >= 0.6 is 0 Å². The fourth-order valence-corrected chi connectivity index (χ4v) is 6.21. The Labute approximate surface area is 169 Å². The molecule has 3 fully saturated rings. The molecule has 0 amide bonds. The van der Waals surface area contributed by atoms with E-state index in [1.54, 1.807) is 12.3 Å². The minimum Gasteiger partial charge on any atom is -0.472 e. The summed E-state index contributed by atoms with van der Waals surface area (Å²) in [6.45, 7) is 5.17. The van der Waals surface area contributed by atoms with Gasteiger partial charge in [-0.25, -0.2) is 0 Å². The molecular weight excluding hydrogens is 376 g/mol. The summed E-state index contributed by atoms with van der Waals surface area (Å²) >= 11 is 0. The molecule has 1 saturated heterocycles. The lowest BCUT2D eigenvalue weighted by molar-refractivity contribution is -0.206. The second kappa shape index (κ2) is 6.82. The SMILES string of the molecule is CC(=O)O[C@H]1C[C@@H](C=O)[C@]2(C)CCC3C(=O)O[C@@H](c4ccoc4)C[C@]3(C)[C@H]2C1=O. The van der Waals surface area contributed by atoms with Gasteiger partial charge in [0.1, 0.15) is 12.4 Å². The molecule has 0 bridgehead atoms. The molecule has 2 aliphatic carbocycles. The number of carbonyl (C=O) groups is 4. The van der Waals surface area contributed by atoms with E-state index >= 15 is 0 Å². The lowest BCUT2D eigenvalue weighted by Crippen LogP contribution is -2.64. The van der Waals surface area contributed by atoms with E-state index in [1.807, 2.05) is 13.8 Å². The highest BCUT2D eigenvalue weighted by molar-refractivity contribution is 5.92. The maximum Gasteiger partial charge on any atom is 0.310 e. The molecule has 2 saturated carbocycles. The van der Waals surface area contributed by atoms with Crippen LogP contribution in [0.25, 0.3) is 0 Å². The number of Topliss-reactive ketones (excluding diaryl/α,β-unsaturated/α-hetero) is 1. The summed E-state index contributed by atoms with van der Waals surface area (Å²) < 4.78 is 16.1. The quantitative estimate of drug-likeness (QED) is 0.566. The van der Waals surface area contributed by atoms with Crippen LogP contribution in [0.3, 0.4) is 0 Å². The van der Waals surface area contributed by atoms with Gasteiger partial charge in [-0.1, -0.05) is 13.8 Å². The van der Waals surface area contributed by atoms with E-state index in [4.69, 9.17) is 13.9 Å². The standard InChI is InChI=1S/C22H26O7/c1-12(24)28-16-8-14(10-23)21(2)6-4-15-20(26)29-17(13-5-7-27-11-13)9-22(15,3)19(21)18(16)25/h5,7,10-11,14-17,19H,4,6,8-9H2,1-3H3/t14-,15?,16-,17+,19-,21-,22-/m0/s1. The molecule has 2 heterocycles. The number of fused-ring (bicyclic) bond motifs is 3. The van der Waals surface area contributed by atoms with E-state index in [0.717, 1.165) is 11.8 Å². The molecule has 0 spiro atoms. The van der Waals surface area contributed by atoms with Crippen LogP contribution in [0.4, 0.5) is 0 Å². The van der Waals surface area contributed by atoms with Gasteiger partial charge in [0.2, 0.25) is 0 Å². The first kappa shape index (κ1) is 19.9. The number of hydrogen-bond acceptors (Lipinski definition) is 7. The van der Waals surface area contributed by atoms with Crippen LogP contribution in [0.15, 0.2) is 23.0 Å². The Hall–Kier alpha value is -2.44. The number of cyclic esters (lactones) is 1. The molecule has 0 N–H and O–H groups in total. The molecule has 1 unspecified atom stereocenters. The summed E-state index contributed by atoms with van der Waals surface area (Å²) in [6, 6.07) is 1.75. The highest BCUT2D eigenvalue weighted by Crippen LogP contribution is 2.64. The number of furan rings is 1. The Morgan fingerprint density at radius 1 is 1.28 bits per heavy atom. The minimum absolute atomic E-state index is 0.186. The Bertz CT molecular complexity index is 843. The molecule has 4 rings (SSSR count). The van der Waals surface area contributed by atoms with Gasteiger partial charge in [-0.3, -0.25) is 14.4 Å². The normalized spacial score (nSPS) is 41.7. The summed E-state index contributed by atoms with van der Waals surface area (Å²) in [5.41, 5.74) is -0.544. The van der Waals surface area contributed by atoms with Crippen LogP contribution in [0, 0.1) is 28.6 Å². The summed E-state index contributed by atoms with van der Waals surface area (Å²) in [6.07, 6.45) is 4.27. The van der Waals surface area contributed by atoms with Crippen molar-refractivity contribution in [2.45, 2.75) is 58.7 Å². The van der Waals surface area contributed by atoms with Gasteiger partial charge >= 0.3 is 11.9 Å². The Balaban J connectivity index is 1.77. The van der Waals surface area contributed by atoms with E-state index in [0.29, 0.717) is 19.3 Å². The number of rotatable bonds is 3. The fourth-order valence-electron chi connectivity index (χ4n) is 6.21.